The number of nitrogens with zero attached hydrogens (tertiary/aromatic N) is 3. The Morgan fingerprint density at radius 2 is 2.00 bits per heavy atom. The molecule has 0 aliphatic carbocycles. The Kier molecular flexibility index (Phi) is 3.75. The van der Waals surface area contributed by atoms with Gasteiger partial charge in [0.1, 0.15) is 6.04 Å². The molecule has 26 heavy (non-hydrogen) atoms. The van der Waals surface area contributed by atoms with Gasteiger partial charge in [-0.25, -0.2) is 4.79 Å². The molecule has 2 fully saturated rings. The minimum Gasteiger partial charge on any atom is -0.358 e. The van der Waals surface area contributed by atoms with Gasteiger partial charge in [0.25, 0.3) is 11.8 Å². The number of aryl methyl sites for hydroxylation is 2. The number of rotatable bonds is 2. The van der Waals surface area contributed by atoms with Crippen LogP contribution in [0.1, 0.15) is 28.5 Å². The van der Waals surface area contributed by atoms with Crippen LogP contribution in [0.3, 0.4) is 0 Å². The van der Waals surface area contributed by atoms with Gasteiger partial charge < -0.3 is 14.8 Å². The van der Waals surface area contributed by atoms with Crippen molar-refractivity contribution < 1.29 is 14.4 Å². The van der Waals surface area contributed by atoms with E-state index in [0.29, 0.717) is 25.2 Å². The summed E-state index contributed by atoms with van der Waals surface area (Å²) in [5.41, 5.74) is 3.84. The maximum absolute atomic E-state index is 13.0. The molecule has 0 radical (unpaired) electrons. The van der Waals surface area contributed by atoms with Crippen LogP contribution >= 0.6 is 0 Å². The fourth-order valence-corrected chi connectivity index (χ4v) is 3.90. The Morgan fingerprint density at radius 3 is 2.73 bits per heavy atom. The van der Waals surface area contributed by atoms with Crippen molar-refractivity contribution in [2.45, 2.75) is 26.8 Å². The van der Waals surface area contributed by atoms with Crippen molar-refractivity contribution in [3.05, 3.63) is 35.0 Å². The molecule has 1 aromatic heterocycles. The van der Waals surface area contributed by atoms with Crippen LogP contribution in [0, 0.1) is 13.8 Å². The molecule has 1 N–H and O–H groups in total. The third kappa shape index (κ3) is 2.30. The van der Waals surface area contributed by atoms with Crippen molar-refractivity contribution in [3.8, 4) is 0 Å². The highest BCUT2D eigenvalue weighted by Crippen LogP contribution is 2.25. The second-order valence-corrected chi connectivity index (χ2v) is 6.96. The normalized spacial score (nSPS) is 20.3. The third-order valence-electron chi connectivity index (χ3n) is 5.57. The molecule has 2 saturated heterocycles. The molecular formula is C19H22N4O3. The number of fused-ring (bicyclic) bond motifs is 2. The number of aromatic amines is 1. The van der Waals surface area contributed by atoms with Crippen LogP contribution in [0.15, 0.2) is 18.2 Å². The molecule has 3 heterocycles. The Morgan fingerprint density at radius 1 is 1.23 bits per heavy atom. The Bertz CT molecular complexity index is 932. The predicted octanol–water partition coefficient (Wildman–Crippen LogP) is 1.89. The number of aromatic nitrogens is 1. The van der Waals surface area contributed by atoms with Gasteiger partial charge in [0.2, 0.25) is 0 Å². The molecular weight excluding hydrogens is 332 g/mol. The van der Waals surface area contributed by atoms with Gasteiger partial charge in [-0.15, -0.1) is 0 Å². The van der Waals surface area contributed by atoms with Gasteiger partial charge in [0, 0.05) is 41.8 Å². The van der Waals surface area contributed by atoms with Crippen molar-refractivity contribution in [2.24, 2.45) is 0 Å². The molecule has 0 saturated carbocycles. The van der Waals surface area contributed by atoms with Crippen molar-refractivity contribution in [2.75, 3.05) is 26.2 Å². The number of piperazine rings is 1. The van der Waals surface area contributed by atoms with Gasteiger partial charge in [-0.1, -0.05) is 0 Å². The van der Waals surface area contributed by atoms with Crippen LogP contribution in [-0.2, 0) is 4.79 Å². The first-order chi connectivity index (χ1) is 12.4. The maximum Gasteiger partial charge on any atom is 0.327 e. The molecule has 2 aromatic rings. The number of benzene rings is 1. The summed E-state index contributed by atoms with van der Waals surface area (Å²) in [5, 5.41) is 1.04. The second-order valence-electron chi connectivity index (χ2n) is 6.96. The molecule has 7 heteroatoms. The second kappa shape index (κ2) is 5.86. The standard InChI is InChI=1S/C19H22N4O3/c1-4-22-18(25)16-10-21(7-8-23(16)19(22)26)17(24)13-5-6-15-14(9-13)11(2)12(3)20-15/h5-6,9,16,20H,4,7-8,10H2,1-3H3. The van der Waals surface area contributed by atoms with Gasteiger partial charge in [-0.05, 0) is 44.5 Å². The highest BCUT2D eigenvalue weighted by molar-refractivity contribution is 6.05. The highest BCUT2D eigenvalue weighted by atomic mass is 16.2. The number of nitrogens with one attached hydrogen (secondary N) is 1. The summed E-state index contributed by atoms with van der Waals surface area (Å²) < 4.78 is 0. The number of carbonyl (C=O) groups excluding carboxylic acids is 3. The molecule has 136 valence electrons. The Labute approximate surface area is 151 Å². The van der Waals surface area contributed by atoms with E-state index in [1.165, 1.54) is 4.90 Å². The number of amides is 4. The lowest BCUT2D eigenvalue weighted by Crippen LogP contribution is -2.54. The van der Waals surface area contributed by atoms with Crippen LogP contribution in [0.4, 0.5) is 4.79 Å². The first-order valence-electron chi connectivity index (χ1n) is 8.92. The van der Waals surface area contributed by atoms with E-state index in [2.05, 4.69) is 4.98 Å². The summed E-state index contributed by atoms with van der Waals surface area (Å²) in [6.45, 7) is 7.27. The zero-order valence-electron chi connectivity index (χ0n) is 15.2. The third-order valence-corrected chi connectivity index (χ3v) is 5.57. The molecule has 2 aliphatic rings. The van der Waals surface area contributed by atoms with E-state index in [-0.39, 0.29) is 24.4 Å². The quantitative estimate of drug-likeness (QED) is 0.837. The first-order valence-corrected chi connectivity index (χ1v) is 8.92. The highest BCUT2D eigenvalue weighted by Gasteiger charge is 2.47. The summed E-state index contributed by atoms with van der Waals surface area (Å²) in [4.78, 5) is 45.5. The lowest BCUT2D eigenvalue weighted by Gasteiger charge is -2.35. The lowest BCUT2D eigenvalue weighted by atomic mass is 10.1. The lowest BCUT2D eigenvalue weighted by molar-refractivity contribution is -0.129. The number of imide groups is 1. The molecule has 7 nitrogen and oxygen atoms in total. The summed E-state index contributed by atoms with van der Waals surface area (Å²) in [7, 11) is 0. The van der Waals surface area contributed by atoms with Crippen LogP contribution in [0.2, 0.25) is 0 Å². The fourth-order valence-electron chi connectivity index (χ4n) is 3.90. The number of H-pyrrole nitrogens is 1. The van der Waals surface area contributed by atoms with E-state index in [1.54, 1.807) is 16.7 Å². The number of likely N-dealkylation sites (N-methyl/N-ethyl adjacent to an activating group) is 1. The minimum absolute atomic E-state index is 0.0972. The van der Waals surface area contributed by atoms with E-state index < -0.39 is 6.04 Å². The maximum atomic E-state index is 13.0. The topological polar surface area (TPSA) is 76.7 Å². The van der Waals surface area contributed by atoms with E-state index in [4.69, 9.17) is 0 Å². The minimum atomic E-state index is -0.555. The molecule has 1 atom stereocenters. The summed E-state index contributed by atoms with van der Waals surface area (Å²) in [5.74, 6) is -0.303. The van der Waals surface area contributed by atoms with Crippen molar-refractivity contribution >= 4 is 28.7 Å². The summed E-state index contributed by atoms with van der Waals surface area (Å²) in [6, 6.07) is 4.84. The van der Waals surface area contributed by atoms with Crippen LogP contribution < -0.4 is 0 Å². The zero-order valence-corrected chi connectivity index (χ0v) is 15.2. The van der Waals surface area contributed by atoms with Gasteiger partial charge in [-0.2, -0.15) is 0 Å². The number of hydrogen-bond acceptors (Lipinski definition) is 3. The van der Waals surface area contributed by atoms with Gasteiger partial charge in [0.15, 0.2) is 0 Å². The molecule has 0 bridgehead atoms. The van der Waals surface area contributed by atoms with E-state index in [1.807, 2.05) is 32.0 Å². The molecule has 1 unspecified atom stereocenters. The first kappa shape index (κ1) is 16.6. The summed E-state index contributed by atoms with van der Waals surface area (Å²) >= 11 is 0. The van der Waals surface area contributed by atoms with E-state index >= 15 is 0 Å². The number of hydrogen-bond donors (Lipinski definition) is 1. The molecule has 2 aliphatic heterocycles. The monoisotopic (exact) mass is 354 g/mol. The average Bonchev–Trinajstić information content (AvgIpc) is 3.07. The summed E-state index contributed by atoms with van der Waals surface area (Å²) in [6.07, 6.45) is 0. The van der Waals surface area contributed by atoms with Crippen LogP contribution in [-0.4, -0.2) is 69.8 Å². The molecule has 0 spiro atoms. The van der Waals surface area contributed by atoms with Crippen LogP contribution in [0.5, 0.6) is 0 Å². The number of carbonyl (C=O) groups is 3. The largest absolute Gasteiger partial charge is 0.358 e. The Balaban J connectivity index is 1.59. The zero-order chi connectivity index (χ0) is 18.6. The fraction of sp³-hybridized carbons (Fsp3) is 0.421. The van der Waals surface area contributed by atoms with Crippen molar-refractivity contribution in [1.29, 1.82) is 0 Å². The molecule has 4 amide bonds. The number of urea groups is 1. The average molecular weight is 354 g/mol. The van der Waals surface area contributed by atoms with Crippen molar-refractivity contribution in [1.82, 2.24) is 19.7 Å². The van der Waals surface area contributed by atoms with Crippen molar-refractivity contribution in [3.63, 3.8) is 0 Å². The van der Waals surface area contributed by atoms with E-state index in [9.17, 15) is 14.4 Å². The predicted molar refractivity (Wildman–Crippen MR) is 97.0 cm³/mol. The molecule has 1 aromatic carbocycles. The SMILES string of the molecule is CCN1C(=O)C2CN(C(=O)c3ccc4[nH]c(C)c(C)c4c3)CCN2C1=O. The van der Waals surface area contributed by atoms with Gasteiger partial charge >= 0.3 is 6.03 Å². The molecule has 4 rings (SSSR count). The Hall–Kier alpha value is -2.83. The smallest absolute Gasteiger partial charge is 0.327 e. The van der Waals surface area contributed by atoms with Crippen LogP contribution in [0.25, 0.3) is 10.9 Å². The van der Waals surface area contributed by atoms with Gasteiger partial charge in [-0.3, -0.25) is 14.5 Å². The van der Waals surface area contributed by atoms with Gasteiger partial charge in [0.05, 0.1) is 6.54 Å². The van der Waals surface area contributed by atoms with E-state index in [0.717, 1.165) is 22.2 Å².